The number of nitrogens with one attached hydrogen (secondary N) is 1. The first kappa shape index (κ1) is 11.8. The van der Waals surface area contributed by atoms with Crippen LogP contribution in [0, 0.1) is 0 Å². The van der Waals surface area contributed by atoms with Crippen LogP contribution in [0.5, 0.6) is 0 Å². The number of aromatic nitrogens is 1. The van der Waals surface area contributed by atoms with Crippen molar-refractivity contribution in [3.05, 3.63) is 52.5 Å². The van der Waals surface area contributed by atoms with Gasteiger partial charge >= 0.3 is 0 Å². The topological polar surface area (TPSA) is 42.0 Å². The van der Waals surface area contributed by atoms with Crippen LogP contribution in [0.15, 0.2) is 42.0 Å². The maximum atomic E-state index is 11.8. The van der Waals surface area contributed by atoms with Crippen LogP contribution < -0.4 is 5.32 Å². The predicted molar refractivity (Wildman–Crippen MR) is 68.8 cm³/mol. The van der Waals surface area contributed by atoms with Crippen LogP contribution in [-0.2, 0) is 11.2 Å². The Balaban J connectivity index is 1.91. The van der Waals surface area contributed by atoms with Crippen LogP contribution in [-0.4, -0.2) is 10.9 Å². The molecular formula is C13H14N2OS. The summed E-state index contributed by atoms with van der Waals surface area (Å²) in [4.78, 5) is 16.8. The first-order chi connectivity index (χ1) is 8.25. The molecule has 3 nitrogen and oxygen atoms in total. The Morgan fingerprint density at radius 3 is 2.82 bits per heavy atom. The number of hydrogen-bond donors (Lipinski definition) is 1. The lowest BCUT2D eigenvalue weighted by molar-refractivity contribution is -0.121. The lowest BCUT2D eigenvalue weighted by atomic mass is 10.1. The molecule has 2 aromatic rings. The molecule has 2 rings (SSSR count). The van der Waals surface area contributed by atoms with Gasteiger partial charge in [-0.15, -0.1) is 11.3 Å². The predicted octanol–water partition coefficient (Wildman–Crippen LogP) is 2.56. The van der Waals surface area contributed by atoms with E-state index < -0.39 is 0 Å². The molecule has 17 heavy (non-hydrogen) atoms. The number of carbonyl (C=O) groups is 1. The second-order valence-corrected chi connectivity index (χ2v) is 4.86. The lowest BCUT2D eigenvalue weighted by Gasteiger charge is -2.13. The van der Waals surface area contributed by atoms with Gasteiger partial charge in [-0.25, -0.2) is 0 Å². The van der Waals surface area contributed by atoms with Crippen molar-refractivity contribution >= 4 is 17.2 Å². The second kappa shape index (κ2) is 5.59. The molecule has 0 aromatic carbocycles. The molecule has 0 aliphatic heterocycles. The summed E-state index contributed by atoms with van der Waals surface area (Å²) in [6.45, 7) is 1.97. The summed E-state index contributed by atoms with van der Waals surface area (Å²) >= 11 is 1.60. The van der Waals surface area contributed by atoms with Gasteiger partial charge in [-0.1, -0.05) is 6.07 Å². The van der Waals surface area contributed by atoms with Crippen molar-refractivity contribution in [3.8, 4) is 0 Å². The van der Waals surface area contributed by atoms with Gasteiger partial charge in [0.05, 0.1) is 12.5 Å². The van der Waals surface area contributed by atoms with Crippen molar-refractivity contribution in [1.82, 2.24) is 10.3 Å². The van der Waals surface area contributed by atoms with Crippen LogP contribution in [0.1, 0.15) is 23.4 Å². The maximum absolute atomic E-state index is 11.8. The number of hydrogen-bond acceptors (Lipinski definition) is 3. The highest BCUT2D eigenvalue weighted by Crippen LogP contribution is 2.12. The summed E-state index contributed by atoms with van der Waals surface area (Å²) in [7, 11) is 0. The summed E-state index contributed by atoms with van der Waals surface area (Å²) < 4.78 is 0. The average molecular weight is 246 g/mol. The Labute approximate surface area is 105 Å². The molecule has 88 valence electrons. The van der Waals surface area contributed by atoms with Crippen molar-refractivity contribution in [2.75, 3.05) is 0 Å². The van der Waals surface area contributed by atoms with Crippen LogP contribution in [0.3, 0.4) is 0 Å². The Bertz CT molecular complexity index is 467. The number of nitrogens with zero attached hydrogens (tertiary/aromatic N) is 1. The van der Waals surface area contributed by atoms with E-state index in [0.29, 0.717) is 6.42 Å². The Hall–Kier alpha value is -1.68. The monoisotopic (exact) mass is 246 g/mol. The number of amides is 1. The molecule has 4 heteroatoms. The zero-order chi connectivity index (χ0) is 12.1. The minimum atomic E-state index is 0.0189. The van der Waals surface area contributed by atoms with Gasteiger partial charge in [0.25, 0.3) is 0 Å². The number of carbonyl (C=O) groups excluding carboxylic acids is 1. The van der Waals surface area contributed by atoms with Crippen LogP contribution in [0.25, 0.3) is 0 Å². The molecule has 0 unspecified atom stereocenters. The van der Waals surface area contributed by atoms with Gasteiger partial charge in [-0.2, -0.15) is 0 Å². The van der Waals surface area contributed by atoms with E-state index >= 15 is 0 Å². The maximum Gasteiger partial charge on any atom is 0.225 e. The molecule has 1 amide bonds. The molecule has 1 atom stereocenters. The quantitative estimate of drug-likeness (QED) is 0.901. The zero-order valence-corrected chi connectivity index (χ0v) is 10.4. The molecule has 0 fully saturated rings. The Morgan fingerprint density at radius 2 is 2.18 bits per heavy atom. The molecule has 0 aliphatic carbocycles. The van der Waals surface area contributed by atoms with Gasteiger partial charge in [0, 0.05) is 17.3 Å². The normalized spacial score (nSPS) is 12.1. The third-order valence-corrected chi connectivity index (χ3v) is 3.37. The van der Waals surface area contributed by atoms with Gasteiger partial charge < -0.3 is 5.32 Å². The van der Waals surface area contributed by atoms with Crippen molar-refractivity contribution in [2.24, 2.45) is 0 Å². The molecular weight excluding hydrogens is 232 g/mol. The third kappa shape index (κ3) is 3.39. The van der Waals surface area contributed by atoms with Gasteiger partial charge in [-0.3, -0.25) is 9.78 Å². The lowest BCUT2D eigenvalue weighted by Crippen LogP contribution is -2.27. The summed E-state index contributed by atoms with van der Waals surface area (Å²) in [5.41, 5.74) is 1.07. The first-order valence-corrected chi connectivity index (χ1v) is 6.35. The summed E-state index contributed by atoms with van der Waals surface area (Å²) in [6, 6.07) is 7.78. The zero-order valence-electron chi connectivity index (χ0n) is 9.59. The fourth-order valence-electron chi connectivity index (χ4n) is 1.60. The summed E-state index contributed by atoms with van der Waals surface area (Å²) in [5, 5.41) is 4.96. The first-order valence-electron chi connectivity index (χ1n) is 5.47. The van der Waals surface area contributed by atoms with Gasteiger partial charge in [0.1, 0.15) is 0 Å². The highest BCUT2D eigenvalue weighted by atomic mass is 32.1. The molecule has 0 saturated carbocycles. The standard InChI is InChI=1S/C13H14N2OS/c1-10(11-4-6-14-7-5-11)15-13(16)9-12-3-2-8-17-12/h2-8,10H,9H2,1H3,(H,15,16)/t10-/m0/s1. The van der Waals surface area contributed by atoms with Crippen molar-refractivity contribution in [1.29, 1.82) is 0 Å². The fraction of sp³-hybridized carbons (Fsp3) is 0.231. The molecule has 0 radical (unpaired) electrons. The van der Waals surface area contributed by atoms with E-state index in [4.69, 9.17) is 0 Å². The number of thiophene rings is 1. The van der Waals surface area contributed by atoms with Gasteiger partial charge in [0.2, 0.25) is 5.91 Å². The molecule has 2 heterocycles. The molecule has 1 N–H and O–H groups in total. The number of rotatable bonds is 4. The highest BCUT2D eigenvalue weighted by molar-refractivity contribution is 7.10. The second-order valence-electron chi connectivity index (χ2n) is 3.83. The van der Waals surface area contributed by atoms with E-state index in [1.165, 1.54) is 0 Å². The number of pyridine rings is 1. The minimum Gasteiger partial charge on any atom is -0.349 e. The highest BCUT2D eigenvalue weighted by Gasteiger charge is 2.09. The van der Waals surface area contributed by atoms with E-state index in [-0.39, 0.29) is 11.9 Å². The van der Waals surface area contributed by atoms with Crippen LogP contribution in [0.2, 0.25) is 0 Å². The van der Waals surface area contributed by atoms with E-state index in [1.807, 2.05) is 36.6 Å². The molecule has 2 aromatic heterocycles. The molecule has 0 spiro atoms. The Morgan fingerprint density at radius 1 is 1.41 bits per heavy atom. The van der Waals surface area contributed by atoms with Crippen molar-refractivity contribution in [2.45, 2.75) is 19.4 Å². The van der Waals surface area contributed by atoms with Crippen molar-refractivity contribution < 1.29 is 4.79 Å². The summed E-state index contributed by atoms with van der Waals surface area (Å²) in [5.74, 6) is 0.0526. The molecule has 0 saturated heterocycles. The van der Waals surface area contributed by atoms with E-state index in [9.17, 15) is 4.79 Å². The van der Waals surface area contributed by atoms with Gasteiger partial charge in [0.15, 0.2) is 0 Å². The molecule has 0 aliphatic rings. The Kier molecular flexibility index (Phi) is 3.88. The van der Waals surface area contributed by atoms with Crippen molar-refractivity contribution in [3.63, 3.8) is 0 Å². The van der Waals surface area contributed by atoms with Crippen LogP contribution >= 0.6 is 11.3 Å². The SMILES string of the molecule is C[C@H](NC(=O)Cc1cccs1)c1ccncc1. The third-order valence-electron chi connectivity index (χ3n) is 2.50. The van der Waals surface area contributed by atoms with E-state index in [2.05, 4.69) is 10.3 Å². The fourth-order valence-corrected chi connectivity index (χ4v) is 2.30. The smallest absolute Gasteiger partial charge is 0.225 e. The molecule has 0 bridgehead atoms. The summed E-state index contributed by atoms with van der Waals surface area (Å²) in [6.07, 6.45) is 3.92. The van der Waals surface area contributed by atoms with Gasteiger partial charge in [-0.05, 0) is 36.1 Å². The van der Waals surface area contributed by atoms with E-state index in [0.717, 1.165) is 10.4 Å². The minimum absolute atomic E-state index is 0.0189. The largest absolute Gasteiger partial charge is 0.349 e. The average Bonchev–Trinajstić information content (AvgIpc) is 2.82. The van der Waals surface area contributed by atoms with Crippen LogP contribution in [0.4, 0.5) is 0 Å². The van der Waals surface area contributed by atoms with E-state index in [1.54, 1.807) is 23.7 Å².